The summed E-state index contributed by atoms with van der Waals surface area (Å²) in [6, 6.07) is 5.93. The van der Waals surface area contributed by atoms with E-state index in [-0.39, 0.29) is 17.3 Å². The minimum absolute atomic E-state index is 0.134. The van der Waals surface area contributed by atoms with Gasteiger partial charge in [0.25, 0.3) is 0 Å². The Morgan fingerprint density at radius 2 is 1.89 bits per heavy atom. The fourth-order valence-corrected chi connectivity index (χ4v) is 3.30. The average molecular weight is 289 g/mol. The van der Waals surface area contributed by atoms with Gasteiger partial charge in [0, 0.05) is 18.1 Å². The Hall–Kier alpha value is -1.11. The molecule has 1 heterocycles. The molecular formula is C11H13ClN2O3S. The van der Waals surface area contributed by atoms with E-state index in [9.17, 15) is 13.2 Å². The number of sulfonamides is 1. The molecule has 1 saturated heterocycles. The highest BCUT2D eigenvalue weighted by Gasteiger charge is 2.27. The maximum Gasteiger partial charge on any atom is 0.243 e. The molecule has 1 amide bonds. The van der Waals surface area contributed by atoms with Crippen molar-refractivity contribution < 1.29 is 13.2 Å². The normalized spacial score (nSPS) is 18.2. The van der Waals surface area contributed by atoms with Gasteiger partial charge in [-0.15, -0.1) is 0 Å². The summed E-state index contributed by atoms with van der Waals surface area (Å²) in [7, 11) is -3.62. The van der Waals surface area contributed by atoms with Crippen LogP contribution in [0.5, 0.6) is 0 Å². The van der Waals surface area contributed by atoms with Gasteiger partial charge in [-0.3, -0.25) is 4.79 Å². The number of rotatable bonds is 2. The molecule has 1 aliphatic heterocycles. The predicted molar refractivity (Wildman–Crippen MR) is 67.8 cm³/mol. The number of amides is 1. The van der Waals surface area contributed by atoms with E-state index in [4.69, 9.17) is 11.6 Å². The summed E-state index contributed by atoms with van der Waals surface area (Å²) in [6.07, 6.45) is 0.610. The van der Waals surface area contributed by atoms with Gasteiger partial charge >= 0.3 is 0 Å². The quantitative estimate of drug-likeness (QED) is 0.877. The van der Waals surface area contributed by atoms with Crippen molar-refractivity contribution in [3.05, 3.63) is 29.3 Å². The topological polar surface area (TPSA) is 66.5 Å². The lowest BCUT2D eigenvalue weighted by atomic mass is 10.4. The number of halogens is 1. The molecule has 18 heavy (non-hydrogen) atoms. The van der Waals surface area contributed by atoms with E-state index in [0.29, 0.717) is 24.5 Å². The first-order valence-corrected chi connectivity index (χ1v) is 7.34. The molecule has 0 atom stereocenters. The molecule has 7 heteroatoms. The predicted octanol–water partition coefficient (Wildman–Crippen LogP) is 0.851. The molecule has 5 nitrogen and oxygen atoms in total. The summed E-state index contributed by atoms with van der Waals surface area (Å²) in [4.78, 5) is 11.5. The van der Waals surface area contributed by atoms with Gasteiger partial charge in [-0.1, -0.05) is 11.6 Å². The fourth-order valence-electron chi connectivity index (χ4n) is 1.74. The number of nitrogens with one attached hydrogen (secondary N) is 1. The largest absolute Gasteiger partial charge is 0.355 e. The zero-order chi connectivity index (χ0) is 13.2. The van der Waals surface area contributed by atoms with E-state index in [1.54, 1.807) is 0 Å². The Bertz CT molecular complexity index is 542. The fraction of sp³-hybridized carbons (Fsp3) is 0.364. The molecule has 0 aromatic heterocycles. The number of hydrogen-bond acceptors (Lipinski definition) is 3. The van der Waals surface area contributed by atoms with Gasteiger partial charge in [0.2, 0.25) is 15.9 Å². The van der Waals surface area contributed by atoms with Crippen LogP contribution in [0.25, 0.3) is 0 Å². The zero-order valence-corrected chi connectivity index (χ0v) is 11.2. The molecule has 0 radical (unpaired) electrons. The number of carbonyl (C=O) groups excluding carboxylic acids is 1. The standard InChI is InChI=1S/C11H13ClN2O3S/c12-9-2-4-10(5-3-9)18(16,17)14-7-1-6-13-11(15)8-14/h2-5H,1,6-8H2,(H,13,15). The lowest BCUT2D eigenvalue weighted by Crippen LogP contribution is -2.37. The summed E-state index contributed by atoms with van der Waals surface area (Å²) in [5.41, 5.74) is 0. The highest BCUT2D eigenvalue weighted by molar-refractivity contribution is 7.89. The smallest absolute Gasteiger partial charge is 0.243 e. The maximum absolute atomic E-state index is 12.3. The van der Waals surface area contributed by atoms with Crippen molar-refractivity contribution in [1.82, 2.24) is 9.62 Å². The molecule has 0 aliphatic carbocycles. The second-order valence-corrected chi connectivity index (χ2v) is 6.37. The van der Waals surface area contributed by atoms with Gasteiger partial charge in [-0.2, -0.15) is 4.31 Å². The van der Waals surface area contributed by atoms with Crippen LogP contribution in [0.4, 0.5) is 0 Å². The molecule has 0 saturated carbocycles. The molecule has 1 fully saturated rings. The molecule has 1 aliphatic rings. The van der Waals surface area contributed by atoms with E-state index < -0.39 is 10.0 Å². The van der Waals surface area contributed by atoms with Gasteiger partial charge in [0.1, 0.15) is 0 Å². The molecule has 0 spiro atoms. The number of hydrogen-bond donors (Lipinski definition) is 1. The Morgan fingerprint density at radius 3 is 2.56 bits per heavy atom. The van der Waals surface area contributed by atoms with Crippen molar-refractivity contribution in [3.63, 3.8) is 0 Å². The Morgan fingerprint density at radius 1 is 1.22 bits per heavy atom. The zero-order valence-electron chi connectivity index (χ0n) is 9.60. The molecule has 0 unspecified atom stereocenters. The third-order valence-electron chi connectivity index (χ3n) is 2.68. The third kappa shape index (κ3) is 2.82. The van der Waals surface area contributed by atoms with Crippen LogP contribution in [0.1, 0.15) is 6.42 Å². The first-order valence-electron chi connectivity index (χ1n) is 5.52. The van der Waals surface area contributed by atoms with Crippen molar-refractivity contribution in [2.75, 3.05) is 19.6 Å². The number of carbonyl (C=O) groups is 1. The van der Waals surface area contributed by atoms with Crippen LogP contribution >= 0.6 is 11.6 Å². The van der Waals surface area contributed by atoms with Crippen LogP contribution in [0.2, 0.25) is 5.02 Å². The third-order valence-corrected chi connectivity index (χ3v) is 4.79. The van der Waals surface area contributed by atoms with Crippen LogP contribution in [0.15, 0.2) is 29.2 Å². The van der Waals surface area contributed by atoms with Crippen LogP contribution in [-0.2, 0) is 14.8 Å². The molecule has 1 N–H and O–H groups in total. The lowest BCUT2D eigenvalue weighted by molar-refractivity contribution is -0.120. The van der Waals surface area contributed by atoms with Crippen molar-refractivity contribution in [1.29, 1.82) is 0 Å². The second-order valence-electron chi connectivity index (χ2n) is 4.00. The van der Waals surface area contributed by atoms with Gasteiger partial charge in [0.15, 0.2) is 0 Å². The van der Waals surface area contributed by atoms with Crippen LogP contribution in [0.3, 0.4) is 0 Å². The van der Waals surface area contributed by atoms with Gasteiger partial charge in [-0.25, -0.2) is 8.42 Å². The number of nitrogens with zero attached hydrogens (tertiary/aromatic N) is 1. The Balaban J connectivity index is 2.29. The summed E-state index contributed by atoms with van der Waals surface area (Å²) >= 11 is 5.72. The number of benzene rings is 1. The monoisotopic (exact) mass is 288 g/mol. The minimum Gasteiger partial charge on any atom is -0.355 e. The van der Waals surface area contributed by atoms with Gasteiger partial charge in [0.05, 0.1) is 11.4 Å². The first kappa shape index (κ1) is 13.3. The SMILES string of the molecule is O=C1CN(S(=O)(=O)c2ccc(Cl)cc2)CCCN1. The summed E-state index contributed by atoms with van der Waals surface area (Å²) in [5.74, 6) is -0.273. The summed E-state index contributed by atoms with van der Waals surface area (Å²) < 4.78 is 25.8. The Kier molecular flexibility index (Phi) is 3.89. The van der Waals surface area contributed by atoms with Crippen molar-refractivity contribution in [2.24, 2.45) is 0 Å². The Labute approximate surface area is 111 Å². The lowest BCUT2D eigenvalue weighted by Gasteiger charge is -2.18. The molecule has 98 valence electrons. The highest BCUT2D eigenvalue weighted by atomic mass is 35.5. The van der Waals surface area contributed by atoms with Gasteiger partial charge in [-0.05, 0) is 30.7 Å². The van der Waals surface area contributed by atoms with E-state index >= 15 is 0 Å². The average Bonchev–Trinajstić information content (AvgIpc) is 2.55. The van der Waals surface area contributed by atoms with Crippen LogP contribution in [-0.4, -0.2) is 38.3 Å². The molecular weight excluding hydrogens is 276 g/mol. The second kappa shape index (κ2) is 5.26. The van der Waals surface area contributed by atoms with E-state index in [1.165, 1.54) is 28.6 Å². The van der Waals surface area contributed by atoms with E-state index in [1.807, 2.05) is 0 Å². The molecule has 2 rings (SSSR count). The molecule has 1 aromatic carbocycles. The highest BCUT2D eigenvalue weighted by Crippen LogP contribution is 2.19. The maximum atomic E-state index is 12.3. The molecule has 1 aromatic rings. The van der Waals surface area contributed by atoms with Crippen LogP contribution < -0.4 is 5.32 Å². The van der Waals surface area contributed by atoms with Crippen LogP contribution in [0, 0.1) is 0 Å². The minimum atomic E-state index is -3.62. The van der Waals surface area contributed by atoms with Crippen molar-refractivity contribution in [3.8, 4) is 0 Å². The summed E-state index contributed by atoms with van der Waals surface area (Å²) in [6.45, 7) is 0.708. The van der Waals surface area contributed by atoms with E-state index in [2.05, 4.69) is 5.32 Å². The van der Waals surface area contributed by atoms with E-state index in [0.717, 1.165) is 0 Å². The van der Waals surface area contributed by atoms with Crippen molar-refractivity contribution >= 4 is 27.5 Å². The van der Waals surface area contributed by atoms with Gasteiger partial charge < -0.3 is 5.32 Å². The molecule has 0 bridgehead atoms. The summed E-state index contributed by atoms with van der Waals surface area (Å²) in [5, 5.41) is 3.12. The van der Waals surface area contributed by atoms with Crippen molar-refractivity contribution in [2.45, 2.75) is 11.3 Å². The first-order chi connectivity index (χ1) is 8.50.